The van der Waals surface area contributed by atoms with Crippen molar-refractivity contribution < 1.29 is 18.3 Å². The first-order chi connectivity index (χ1) is 18.8. The molecule has 2 aromatic carbocycles. The smallest absolute Gasteiger partial charge is 0.323 e. The molecule has 2 aromatic heterocycles. The third-order valence-corrected chi connectivity index (χ3v) is 6.44. The number of ether oxygens (including phenoxy) is 1. The highest BCUT2D eigenvalue weighted by Crippen LogP contribution is 2.21. The molecule has 3 N–H and O–H groups in total. The van der Waals surface area contributed by atoms with E-state index < -0.39 is 29.1 Å². The number of aromatic nitrogens is 4. The molecule has 5 rings (SSSR count). The SMILES string of the molecule is CC1C=CC(C(COc2ccc3[nH]c(=O)[nH]c3c2)NC(=O)c2cncn(Cc3ccc(F)c(F)c3)c2=O)=CC1. The molecule has 2 heterocycles. The maximum Gasteiger partial charge on any atom is 0.323 e. The summed E-state index contributed by atoms with van der Waals surface area (Å²) in [6.07, 6.45) is 9.14. The first-order valence-electron chi connectivity index (χ1n) is 12.3. The van der Waals surface area contributed by atoms with Gasteiger partial charge in [-0.25, -0.2) is 18.6 Å². The molecule has 0 saturated heterocycles. The molecule has 2 atom stereocenters. The minimum Gasteiger partial charge on any atom is -0.491 e. The number of rotatable bonds is 8. The number of hydrogen-bond acceptors (Lipinski definition) is 5. The number of carbonyl (C=O) groups is 1. The van der Waals surface area contributed by atoms with Crippen molar-refractivity contribution in [3.05, 3.63) is 116 Å². The summed E-state index contributed by atoms with van der Waals surface area (Å²) >= 11 is 0. The summed E-state index contributed by atoms with van der Waals surface area (Å²) < 4.78 is 34.0. The van der Waals surface area contributed by atoms with Crippen LogP contribution in [0.5, 0.6) is 5.75 Å². The predicted molar refractivity (Wildman–Crippen MR) is 141 cm³/mol. The summed E-state index contributed by atoms with van der Waals surface area (Å²) in [6, 6.07) is 7.82. The molecule has 11 heteroatoms. The van der Waals surface area contributed by atoms with Gasteiger partial charge in [-0.15, -0.1) is 0 Å². The molecular formula is C28H25F2N5O4. The van der Waals surface area contributed by atoms with Gasteiger partial charge in [0.05, 0.1) is 29.9 Å². The van der Waals surface area contributed by atoms with E-state index >= 15 is 0 Å². The van der Waals surface area contributed by atoms with E-state index in [1.165, 1.54) is 18.6 Å². The summed E-state index contributed by atoms with van der Waals surface area (Å²) in [4.78, 5) is 47.2. The lowest BCUT2D eigenvalue weighted by Gasteiger charge is -2.23. The number of fused-ring (bicyclic) bond motifs is 1. The van der Waals surface area contributed by atoms with Gasteiger partial charge in [0.2, 0.25) is 0 Å². The molecule has 2 unspecified atom stereocenters. The highest BCUT2D eigenvalue weighted by atomic mass is 19.2. The largest absolute Gasteiger partial charge is 0.491 e. The van der Waals surface area contributed by atoms with Gasteiger partial charge < -0.3 is 20.0 Å². The van der Waals surface area contributed by atoms with Gasteiger partial charge in [-0.05, 0) is 47.7 Å². The van der Waals surface area contributed by atoms with E-state index in [1.54, 1.807) is 18.2 Å². The Balaban J connectivity index is 1.36. The highest BCUT2D eigenvalue weighted by Gasteiger charge is 2.22. The lowest BCUT2D eigenvalue weighted by molar-refractivity contribution is 0.0928. The number of halogens is 2. The molecule has 0 spiro atoms. The second-order valence-electron chi connectivity index (χ2n) is 9.39. The van der Waals surface area contributed by atoms with Crippen molar-refractivity contribution in [3.8, 4) is 5.75 Å². The number of H-pyrrole nitrogens is 2. The van der Waals surface area contributed by atoms with Gasteiger partial charge >= 0.3 is 5.69 Å². The number of carbonyl (C=O) groups excluding carboxylic acids is 1. The molecule has 1 aliphatic rings. The summed E-state index contributed by atoms with van der Waals surface area (Å²) in [6.45, 7) is 2.04. The first-order valence-corrected chi connectivity index (χ1v) is 12.3. The van der Waals surface area contributed by atoms with Crippen LogP contribution in [0, 0.1) is 17.6 Å². The Morgan fingerprint density at radius 2 is 1.97 bits per heavy atom. The average Bonchev–Trinajstić information content (AvgIpc) is 3.29. The number of hydrogen-bond donors (Lipinski definition) is 3. The zero-order valence-corrected chi connectivity index (χ0v) is 20.9. The first kappa shape index (κ1) is 25.8. The van der Waals surface area contributed by atoms with Crippen LogP contribution in [0.1, 0.15) is 29.3 Å². The minimum absolute atomic E-state index is 0.0553. The van der Waals surface area contributed by atoms with Crippen LogP contribution in [-0.4, -0.2) is 38.1 Å². The van der Waals surface area contributed by atoms with Crippen LogP contribution in [0.4, 0.5) is 8.78 Å². The molecule has 0 saturated carbocycles. The lowest BCUT2D eigenvalue weighted by Crippen LogP contribution is -2.43. The molecule has 0 bridgehead atoms. The van der Waals surface area contributed by atoms with E-state index in [4.69, 9.17) is 4.74 Å². The maximum atomic E-state index is 13.6. The molecule has 39 heavy (non-hydrogen) atoms. The summed E-state index contributed by atoms with van der Waals surface area (Å²) in [5.74, 6) is -1.84. The molecule has 0 radical (unpaired) electrons. The van der Waals surface area contributed by atoms with Crippen LogP contribution in [-0.2, 0) is 6.54 Å². The van der Waals surface area contributed by atoms with Crippen molar-refractivity contribution in [1.29, 1.82) is 0 Å². The Bertz CT molecular complexity index is 1720. The Labute approximate surface area is 220 Å². The van der Waals surface area contributed by atoms with Gasteiger partial charge in [-0.1, -0.05) is 31.2 Å². The quantitative estimate of drug-likeness (QED) is 0.320. The van der Waals surface area contributed by atoms with Gasteiger partial charge in [0.15, 0.2) is 11.6 Å². The standard InChI is InChI=1S/C28H25F2N5O4/c1-16-2-5-18(6-3-16)25(14-39-19-7-9-23-24(11-19)34-28(38)33-23)32-26(36)20-12-31-15-35(27(20)37)13-17-4-8-21(29)22(30)10-17/h2,4-12,15-16,25H,3,13-14H2,1H3,(H,32,36)(H2,33,34,38). The lowest BCUT2D eigenvalue weighted by atomic mass is 9.94. The molecule has 0 aliphatic heterocycles. The number of nitrogens with one attached hydrogen (secondary N) is 3. The molecular weight excluding hydrogens is 508 g/mol. The van der Waals surface area contributed by atoms with Crippen LogP contribution < -0.4 is 21.3 Å². The van der Waals surface area contributed by atoms with Crippen LogP contribution >= 0.6 is 0 Å². The van der Waals surface area contributed by atoms with E-state index in [9.17, 15) is 23.2 Å². The van der Waals surface area contributed by atoms with Gasteiger partial charge in [0, 0.05) is 12.3 Å². The Morgan fingerprint density at radius 1 is 1.15 bits per heavy atom. The second kappa shape index (κ2) is 10.9. The van der Waals surface area contributed by atoms with Gasteiger partial charge in [-0.2, -0.15) is 0 Å². The van der Waals surface area contributed by atoms with E-state index in [0.29, 0.717) is 28.3 Å². The molecule has 4 aromatic rings. The average molecular weight is 534 g/mol. The van der Waals surface area contributed by atoms with Crippen LogP contribution in [0.25, 0.3) is 11.0 Å². The van der Waals surface area contributed by atoms with Crippen molar-refractivity contribution in [1.82, 2.24) is 24.8 Å². The van der Waals surface area contributed by atoms with Gasteiger partial charge in [-0.3, -0.25) is 14.2 Å². The Hall–Kier alpha value is -4.80. The van der Waals surface area contributed by atoms with Crippen molar-refractivity contribution in [2.24, 2.45) is 5.92 Å². The summed E-state index contributed by atoms with van der Waals surface area (Å²) in [5.41, 5.74) is 1.23. The number of amides is 1. The molecule has 1 aliphatic carbocycles. The monoisotopic (exact) mass is 533 g/mol. The number of aromatic amines is 2. The highest BCUT2D eigenvalue weighted by molar-refractivity contribution is 5.94. The fourth-order valence-electron chi connectivity index (χ4n) is 4.29. The normalized spacial score (nSPS) is 15.7. The zero-order valence-electron chi connectivity index (χ0n) is 20.9. The second-order valence-corrected chi connectivity index (χ2v) is 9.39. The van der Waals surface area contributed by atoms with Crippen molar-refractivity contribution in [2.75, 3.05) is 6.61 Å². The molecule has 200 valence electrons. The predicted octanol–water partition coefficient (Wildman–Crippen LogP) is 3.44. The van der Waals surface area contributed by atoms with Crippen LogP contribution in [0.2, 0.25) is 0 Å². The summed E-state index contributed by atoms with van der Waals surface area (Å²) in [7, 11) is 0. The van der Waals surface area contributed by atoms with E-state index in [1.807, 2.05) is 18.2 Å². The molecule has 9 nitrogen and oxygen atoms in total. The van der Waals surface area contributed by atoms with Crippen LogP contribution in [0.3, 0.4) is 0 Å². The number of allylic oxidation sites excluding steroid dienone is 2. The van der Waals surface area contributed by atoms with Crippen molar-refractivity contribution in [2.45, 2.75) is 25.9 Å². The van der Waals surface area contributed by atoms with Crippen molar-refractivity contribution in [3.63, 3.8) is 0 Å². The number of imidazole rings is 1. The Kier molecular flexibility index (Phi) is 7.22. The van der Waals surface area contributed by atoms with Gasteiger partial charge in [0.25, 0.3) is 11.5 Å². The van der Waals surface area contributed by atoms with E-state index in [-0.39, 0.29) is 24.4 Å². The third-order valence-electron chi connectivity index (χ3n) is 6.44. The van der Waals surface area contributed by atoms with E-state index in [0.717, 1.165) is 28.7 Å². The maximum absolute atomic E-state index is 13.6. The summed E-state index contributed by atoms with van der Waals surface area (Å²) in [5, 5.41) is 2.87. The zero-order chi connectivity index (χ0) is 27.5. The number of benzene rings is 2. The van der Waals surface area contributed by atoms with Crippen molar-refractivity contribution >= 4 is 16.9 Å². The topological polar surface area (TPSA) is 122 Å². The Morgan fingerprint density at radius 3 is 2.74 bits per heavy atom. The molecule has 0 fully saturated rings. The van der Waals surface area contributed by atoms with Crippen LogP contribution in [0.15, 0.2) is 82.3 Å². The van der Waals surface area contributed by atoms with E-state index in [2.05, 4.69) is 27.2 Å². The number of nitrogens with zero attached hydrogens (tertiary/aromatic N) is 2. The van der Waals surface area contributed by atoms with Gasteiger partial charge in [0.1, 0.15) is 17.9 Å². The fraction of sp³-hybridized carbons (Fsp3) is 0.214. The molecule has 1 amide bonds. The minimum atomic E-state index is -1.03. The third kappa shape index (κ3) is 5.87. The fourth-order valence-corrected chi connectivity index (χ4v) is 4.29.